The predicted molar refractivity (Wildman–Crippen MR) is 95.0 cm³/mol. The molecule has 0 radical (unpaired) electrons. The van der Waals surface area contributed by atoms with Gasteiger partial charge in [0, 0.05) is 5.75 Å². The normalized spacial score (nSPS) is 12.3. The molecule has 0 fully saturated rings. The van der Waals surface area contributed by atoms with E-state index in [1.54, 1.807) is 0 Å². The Morgan fingerprint density at radius 3 is 2.24 bits per heavy atom. The molecule has 0 amide bonds. The van der Waals surface area contributed by atoms with Crippen LogP contribution in [-0.2, 0) is 9.53 Å². The number of carbonyl (C=O) groups is 1. The van der Waals surface area contributed by atoms with E-state index in [0.717, 1.165) is 18.6 Å². The molecule has 0 heterocycles. The molecule has 2 nitrogen and oxygen atoms in total. The van der Waals surface area contributed by atoms with Gasteiger partial charge in [-0.25, -0.2) is 0 Å². The summed E-state index contributed by atoms with van der Waals surface area (Å²) in [5.74, 6) is 2.08. The average Bonchev–Trinajstić information content (AvgIpc) is 2.45. The third kappa shape index (κ3) is 16.0. The summed E-state index contributed by atoms with van der Waals surface area (Å²) in [6, 6.07) is 0. The Labute approximate surface area is 136 Å². The summed E-state index contributed by atoms with van der Waals surface area (Å²) in [4.78, 5) is 11.7. The molecule has 0 bridgehead atoms. The van der Waals surface area contributed by atoms with Crippen LogP contribution >= 0.6 is 11.8 Å². The van der Waals surface area contributed by atoms with Gasteiger partial charge in [0.2, 0.25) is 0 Å². The van der Waals surface area contributed by atoms with Crippen molar-refractivity contribution in [3.8, 4) is 0 Å². The van der Waals surface area contributed by atoms with E-state index in [4.69, 9.17) is 4.74 Å². The van der Waals surface area contributed by atoms with Crippen molar-refractivity contribution in [2.75, 3.05) is 11.5 Å². The quantitative estimate of drug-likeness (QED) is 0.274. The van der Waals surface area contributed by atoms with Crippen LogP contribution in [-0.4, -0.2) is 23.6 Å². The molecule has 0 aliphatic rings. The number of rotatable bonds is 15. The van der Waals surface area contributed by atoms with Crippen LogP contribution in [0.3, 0.4) is 0 Å². The van der Waals surface area contributed by atoms with Crippen molar-refractivity contribution in [3.63, 3.8) is 0 Å². The molecule has 1 atom stereocenters. The van der Waals surface area contributed by atoms with Gasteiger partial charge in [0.05, 0.1) is 12.5 Å². The van der Waals surface area contributed by atoms with Crippen LogP contribution in [0.25, 0.3) is 0 Å². The molecule has 0 aromatic carbocycles. The number of hydrogen-bond donors (Lipinski definition) is 0. The fourth-order valence-corrected chi connectivity index (χ4v) is 3.19. The van der Waals surface area contributed by atoms with E-state index in [9.17, 15) is 4.79 Å². The van der Waals surface area contributed by atoms with E-state index in [-0.39, 0.29) is 12.1 Å². The summed E-state index contributed by atoms with van der Waals surface area (Å²) in [7, 11) is 0. The molecule has 126 valence electrons. The van der Waals surface area contributed by atoms with Crippen molar-refractivity contribution < 1.29 is 9.53 Å². The largest absolute Gasteiger partial charge is 0.463 e. The van der Waals surface area contributed by atoms with Crippen LogP contribution in [0.4, 0.5) is 0 Å². The highest BCUT2D eigenvalue weighted by Crippen LogP contribution is 2.12. The zero-order chi connectivity index (χ0) is 15.8. The maximum absolute atomic E-state index is 11.7. The zero-order valence-electron chi connectivity index (χ0n) is 14.5. The van der Waals surface area contributed by atoms with Gasteiger partial charge in [-0.3, -0.25) is 4.79 Å². The fraction of sp³-hybridized carbons (Fsp3) is 0.944. The number of thioether (sulfide) groups is 1. The van der Waals surface area contributed by atoms with Crippen LogP contribution in [0.1, 0.15) is 91.4 Å². The third-order valence-electron chi connectivity index (χ3n) is 3.64. The fourth-order valence-electron chi connectivity index (χ4n) is 2.27. The van der Waals surface area contributed by atoms with E-state index >= 15 is 0 Å². The first-order valence-electron chi connectivity index (χ1n) is 8.97. The first-order chi connectivity index (χ1) is 10.2. The van der Waals surface area contributed by atoms with Crippen LogP contribution < -0.4 is 0 Å². The van der Waals surface area contributed by atoms with Crippen LogP contribution in [0.5, 0.6) is 0 Å². The first-order valence-corrected chi connectivity index (χ1v) is 10.1. The van der Waals surface area contributed by atoms with Gasteiger partial charge in [0.25, 0.3) is 0 Å². The Balaban J connectivity index is 3.29. The topological polar surface area (TPSA) is 26.3 Å². The second kappa shape index (κ2) is 16.2. The molecule has 0 N–H and O–H groups in total. The summed E-state index contributed by atoms with van der Waals surface area (Å²) < 4.78 is 5.42. The molecule has 0 rings (SSSR count). The summed E-state index contributed by atoms with van der Waals surface area (Å²) in [5, 5.41) is 0. The Bertz CT molecular complexity index is 231. The van der Waals surface area contributed by atoms with Crippen molar-refractivity contribution in [3.05, 3.63) is 0 Å². The van der Waals surface area contributed by atoms with E-state index in [1.165, 1.54) is 57.1 Å². The third-order valence-corrected chi connectivity index (χ3v) is 4.71. The molecule has 1 unspecified atom stereocenters. The maximum atomic E-state index is 11.7. The lowest BCUT2D eigenvalue weighted by molar-refractivity contribution is -0.148. The highest BCUT2D eigenvalue weighted by atomic mass is 32.2. The van der Waals surface area contributed by atoms with Gasteiger partial charge in [-0.15, -0.1) is 0 Å². The first kappa shape index (κ1) is 20.8. The van der Waals surface area contributed by atoms with Gasteiger partial charge < -0.3 is 4.74 Å². The number of carbonyl (C=O) groups excluding carboxylic acids is 1. The minimum Gasteiger partial charge on any atom is -0.463 e. The standard InChI is InChI=1S/C18H36O2S/c1-4-6-8-9-10-12-15-21-16-14-18(19)20-17(3)13-11-7-5-2/h17H,4-16H2,1-3H3. The second-order valence-electron chi connectivity index (χ2n) is 5.93. The number of unbranched alkanes of at least 4 members (excludes halogenated alkanes) is 7. The number of esters is 1. The van der Waals surface area contributed by atoms with Crippen molar-refractivity contribution in [2.24, 2.45) is 0 Å². The molecule has 0 aliphatic heterocycles. The minimum absolute atomic E-state index is 0.0190. The Hall–Kier alpha value is -0.180. The van der Waals surface area contributed by atoms with Crippen molar-refractivity contribution in [1.82, 2.24) is 0 Å². The zero-order valence-corrected chi connectivity index (χ0v) is 15.3. The molecule has 0 aromatic heterocycles. The molecule has 0 aromatic rings. The lowest BCUT2D eigenvalue weighted by Crippen LogP contribution is -2.15. The lowest BCUT2D eigenvalue weighted by Gasteiger charge is -2.12. The summed E-state index contributed by atoms with van der Waals surface area (Å²) >= 11 is 1.89. The summed E-state index contributed by atoms with van der Waals surface area (Å²) in [6.45, 7) is 6.45. The smallest absolute Gasteiger partial charge is 0.306 e. The Morgan fingerprint density at radius 1 is 0.905 bits per heavy atom. The monoisotopic (exact) mass is 316 g/mol. The van der Waals surface area contributed by atoms with Crippen LogP contribution in [0.2, 0.25) is 0 Å². The molecular formula is C18H36O2S. The highest BCUT2D eigenvalue weighted by molar-refractivity contribution is 7.99. The van der Waals surface area contributed by atoms with Crippen LogP contribution in [0, 0.1) is 0 Å². The van der Waals surface area contributed by atoms with Gasteiger partial charge in [-0.2, -0.15) is 11.8 Å². The Morgan fingerprint density at radius 2 is 1.52 bits per heavy atom. The Kier molecular flexibility index (Phi) is 16.1. The minimum atomic E-state index is -0.0190. The molecule has 0 saturated heterocycles. The van der Waals surface area contributed by atoms with Crippen molar-refractivity contribution in [1.29, 1.82) is 0 Å². The van der Waals surface area contributed by atoms with Crippen molar-refractivity contribution in [2.45, 2.75) is 97.5 Å². The van der Waals surface area contributed by atoms with Gasteiger partial charge in [-0.05, 0) is 31.9 Å². The second-order valence-corrected chi connectivity index (χ2v) is 7.15. The predicted octanol–water partition coefficient (Wildman–Crippen LogP) is 5.98. The number of hydrogen-bond acceptors (Lipinski definition) is 3. The summed E-state index contributed by atoms with van der Waals surface area (Å²) in [6.07, 6.45) is 13.3. The summed E-state index contributed by atoms with van der Waals surface area (Å²) in [5.41, 5.74) is 0. The van der Waals surface area contributed by atoms with Gasteiger partial charge >= 0.3 is 5.97 Å². The van der Waals surface area contributed by atoms with E-state index in [2.05, 4.69) is 13.8 Å². The van der Waals surface area contributed by atoms with Crippen LogP contribution in [0.15, 0.2) is 0 Å². The van der Waals surface area contributed by atoms with Gasteiger partial charge in [0.1, 0.15) is 0 Å². The molecule has 0 spiro atoms. The SMILES string of the molecule is CCCCCCCCSCCC(=O)OC(C)CCCCC. The molecular weight excluding hydrogens is 280 g/mol. The average molecular weight is 317 g/mol. The maximum Gasteiger partial charge on any atom is 0.306 e. The van der Waals surface area contributed by atoms with E-state index in [1.807, 2.05) is 18.7 Å². The molecule has 0 aliphatic carbocycles. The number of ether oxygens (including phenoxy) is 1. The van der Waals surface area contributed by atoms with Gasteiger partial charge in [-0.1, -0.05) is 58.8 Å². The van der Waals surface area contributed by atoms with E-state index < -0.39 is 0 Å². The molecule has 21 heavy (non-hydrogen) atoms. The lowest BCUT2D eigenvalue weighted by atomic mass is 10.1. The van der Waals surface area contributed by atoms with Gasteiger partial charge in [0.15, 0.2) is 0 Å². The van der Waals surface area contributed by atoms with E-state index in [0.29, 0.717) is 6.42 Å². The molecule has 0 saturated carbocycles. The van der Waals surface area contributed by atoms with Crippen molar-refractivity contribution >= 4 is 17.7 Å². The molecule has 3 heteroatoms. The highest BCUT2D eigenvalue weighted by Gasteiger charge is 2.08.